The minimum Gasteiger partial charge on any atom is -0.493 e. The largest absolute Gasteiger partial charge is 0.493 e. The van der Waals surface area contributed by atoms with Crippen molar-refractivity contribution in [3.05, 3.63) is 52.5 Å². The van der Waals surface area contributed by atoms with Crippen LogP contribution in [0.4, 0.5) is 0 Å². The van der Waals surface area contributed by atoms with Crippen molar-refractivity contribution in [3.63, 3.8) is 0 Å². The number of nitrogens with zero attached hydrogens (tertiary/aromatic N) is 1. The molecule has 30 heavy (non-hydrogen) atoms. The summed E-state index contributed by atoms with van der Waals surface area (Å²) < 4.78 is 16.3. The number of carbonyl (C=O) groups is 1. The van der Waals surface area contributed by atoms with Gasteiger partial charge >= 0.3 is 0 Å². The summed E-state index contributed by atoms with van der Waals surface area (Å²) in [6, 6.07) is 11.4. The predicted octanol–water partition coefficient (Wildman–Crippen LogP) is 4.15. The molecule has 0 aromatic heterocycles. The van der Waals surface area contributed by atoms with Crippen LogP contribution in [0.2, 0.25) is 5.02 Å². The molecule has 1 aliphatic heterocycles. The van der Waals surface area contributed by atoms with Crippen molar-refractivity contribution in [2.24, 2.45) is 0 Å². The molecule has 3 rings (SSSR count). The zero-order chi connectivity index (χ0) is 21.5. The van der Waals surface area contributed by atoms with Crippen LogP contribution in [0.3, 0.4) is 0 Å². The number of hydrogen-bond donors (Lipinski definition) is 1. The lowest BCUT2D eigenvalue weighted by atomic mass is 10.0. The number of nitrogens with one attached hydrogen (secondary N) is 1. The van der Waals surface area contributed by atoms with Gasteiger partial charge in [-0.3, -0.25) is 9.69 Å². The molecule has 1 heterocycles. The average molecular weight is 433 g/mol. The Hall–Kier alpha value is -2.44. The molecule has 6 nitrogen and oxygen atoms in total. The zero-order valence-corrected chi connectivity index (χ0v) is 18.5. The number of rotatable bonds is 8. The number of carbonyl (C=O) groups excluding carboxylic acids is 1. The maximum absolute atomic E-state index is 12.8. The second-order valence-corrected chi connectivity index (χ2v) is 7.67. The van der Waals surface area contributed by atoms with Crippen molar-refractivity contribution >= 4 is 17.5 Å². The second kappa shape index (κ2) is 10.5. The van der Waals surface area contributed by atoms with Crippen molar-refractivity contribution in [1.29, 1.82) is 0 Å². The van der Waals surface area contributed by atoms with E-state index in [1.807, 2.05) is 25.1 Å². The van der Waals surface area contributed by atoms with E-state index in [9.17, 15) is 4.79 Å². The Morgan fingerprint density at radius 2 is 1.90 bits per heavy atom. The van der Waals surface area contributed by atoms with Gasteiger partial charge < -0.3 is 19.5 Å². The molecule has 2 aromatic carbocycles. The smallest absolute Gasteiger partial charge is 0.255 e. The predicted molar refractivity (Wildman–Crippen MR) is 118 cm³/mol. The lowest BCUT2D eigenvalue weighted by Crippen LogP contribution is -2.44. The highest BCUT2D eigenvalue weighted by Gasteiger charge is 2.23. The van der Waals surface area contributed by atoms with Crippen LogP contribution in [-0.2, 0) is 6.54 Å². The molecule has 0 atom stereocenters. The quantitative estimate of drug-likeness (QED) is 0.679. The topological polar surface area (TPSA) is 60.0 Å². The normalized spacial score (nSPS) is 14.9. The molecule has 1 aliphatic rings. The molecule has 0 unspecified atom stereocenters. The van der Waals surface area contributed by atoms with E-state index in [1.54, 1.807) is 32.4 Å². The molecule has 0 bridgehead atoms. The number of likely N-dealkylation sites (tertiary alicyclic amines) is 1. The summed E-state index contributed by atoms with van der Waals surface area (Å²) in [6.07, 6.45) is 1.79. The molecule has 162 valence electrons. The Morgan fingerprint density at radius 1 is 1.13 bits per heavy atom. The summed E-state index contributed by atoms with van der Waals surface area (Å²) in [6.45, 7) is 5.19. The SMILES string of the molecule is CCOc1cc(CN2CCC(NC(=O)c3cccc(OC)c3OC)CC2)ccc1Cl. The summed E-state index contributed by atoms with van der Waals surface area (Å²) in [5.74, 6) is 1.60. The van der Waals surface area contributed by atoms with E-state index in [1.165, 1.54) is 5.56 Å². The van der Waals surface area contributed by atoms with Gasteiger partial charge in [-0.2, -0.15) is 0 Å². The standard InChI is InChI=1S/C23H29ClN2O4/c1-4-30-21-14-16(8-9-19(21)24)15-26-12-10-17(11-13-26)25-23(27)18-6-5-7-20(28-2)22(18)29-3/h5-9,14,17H,4,10-13,15H2,1-3H3,(H,25,27). The van der Waals surface area contributed by atoms with Gasteiger partial charge in [0, 0.05) is 25.7 Å². The molecule has 0 spiro atoms. The van der Waals surface area contributed by atoms with Crippen LogP contribution in [0.25, 0.3) is 0 Å². The Kier molecular flexibility index (Phi) is 7.82. The molecule has 1 amide bonds. The first kappa shape index (κ1) is 22.2. The lowest BCUT2D eigenvalue weighted by molar-refractivity contribution is 0.0905. The monoisotopic (exact) mass is 432 g/mol. The van der Waals surface area contributed by atoms with E-state index in [4.69, 9.17) is 25.8 Å². The third-order valence-corrected chi connectivity index (χ3v) is 5.58. The minimum atomic E-state index is -0.136. The van der Waals surface area contributed by atoms with Gasteiger partial charge in [-0.05, 0) is 49.6 Å². The molecular formula is C23H29ClN2O4. The van der Waals surface area contributed by atoms with E-state index in [-0.39, 0.29) is 11.9 Å². The maximum atomic E-state index is 12.8. The van der Waals surface area contributed by atoms with E-state index < -0.39 is 0 Å². The number of ether oxygens (including phenoxy) is 3. The number of methoxy groups -OCH3 is 2. The van der Waals surface area contributed by atoms with E-state index in [0.29, 0.717) is 28.7 Å². The summed E-state index contributed by atoms with van der Waals surface area (Å²) >= 11 is 6.18. The first-order valence-corrected chi connectivity index (χ1v) is 10.6. The molecule has 1 saturated heterocycles. The van der Waals surface area contributed by atoms with Crippen LogP contribution >= 0.6 is 11.6 Å². The Bertz CT molecular complexity index is 866. The third kappa shape index (κ3) is 5.37. The number of hydrogen-bond acceptors (Lipinski definition) is 5. The highest BCUT2D eigenvalue weighted by molar-refractivity contribution is 6.32. The van der Waals surface area contributed by atoms with Crippen LogP contribution in [0.5, 0.6) is 17.2 Å². The van der Waals surface area contributed by atoms with Crippen molar-refractivity contribution in [3.8, 4) is 17.2 Å². The molecule has 2 aromatic rings. The van der Waals surface area contributed by atoms with Crippen LogP contribution in [-0.4, -0.2) is 50.8 Å². The first-order chi connectivity index (χ1) is 14.5. The van der Waals surface area contributed by atoms with Gasteiger partial charge in [-0.15, -0.1) is 0 Å². The number of para-hydroxylation sites is 1. The van der Waals surface area contributed by atoms with E-state index >= 15 is 0 Å². The lowest BCUT2D eigenvalue weighted by Gasteiger charge is -2.32. The van der Waals surface area contributed by atoms with Gasteiger partial charge in [-0.1, -0.05) is 23.7 Å². The molecule has 0 aliphatic carbocycles. The fraction of sp³-hybridized carbons (Fsp3) is 0.435. The number of amides is 1. The molecule has 0 radical (unpaired) electrons. The molecule has 7 heteroatoms. The van der Waals surface area contributed by atoms with Crippen molar-refractivity contribution in [2.45, 2.75) is 32.4 Å². The average Bonchev–Trinajstić information content (AvgIpc) is 2.76. The molecule has 1 fully saturated rings. The van der Waals surface area contributed by atoms with Crippen molar-refractivity contribution in [2.75, 3.05) is 33.9 Å². The Morgan fingerprint density at radius 3 is 2.57 bits per heavy atom. The van der Waals surface area contributed by atoms with E-state index in [2.05, 4.69) is 10.2 Å². The summed E-state index contributed by atoms with van der Waals surface area (Å²) in [4.78, 5) is 15.2. The first-order valence-electron chi connectivity index (χ1n) is 10.2. The highest BCUT2D eigenvalue weighted by atomic mass is 35.5. The fourth-order valence-electron chi connectivity index (χ4n) is 3.73. The van der Waals surface area contributed by atoms with Crippen LogP contribution in [0, 0.1) is 0 Å². The molecular weight excluding hydrogens is 404 g/mol. The van der Waals surface area contributed by atoms with Gasteiger partial charge in [0.2, 0.25) is 0 Å². The highest BCUT2D eigenvalue weighted by Crippen LogP contribution is 2.31. The number of piperidine rings is 1. The van der Waals surface area contributed by atoms with Crippen molar-refractivity contribution in [1.82, 2.24) is 10.2 Å². The minimum absolute atomic E-state index is 0.133. The van der Waals surface area contributed by atoms with E-state index in [0.717, 1.165) is 38.2 Å². The maximum Gasteiger partial charge on any atom is 0.255 e. The van der Waals surface area contributed by atoms with Crippen LogP contribution < -0.4 is 19.5 Å². The van der Waals surface area contributed by atoms with Gasteiger partial charge in [0.1, 0.15) is 5.75 Å². The van der Waals surface area contributed by atoms with Gasteiger partial charge in [-0.25, -0.2) is 0 Å². The number of halogens is 1. The van der Waals surface area contributed by atoms with Crippen LogP contribution in [0.1, 0.15) is 35.7 Å². The summed E-state index contributed by atoms with van der Waals surface area (Å²) in [5.41, 5.74) is 1.66. The fourth-order valence-corrected chi connectivity index (χ4v) is 3.91. The molecule has 1 N–H and O–H groups in total. The Balaban J connectivity index is 1.55. The number of benzene rings is 2. The molecule has 0 saturated carbocycles. The van der Waals surface area contributed by atoms with Crippen molar-refractivity contribution < 1.29 is 19.0 Å². The summed E-state index contributed by atoms with van der Waals surface area (Å²) in [5, 5.41) is 3.77. The second-order valence-electron chi connectivity index (χ2n) is 7.26. The Labute approximate surface area is 183 Å². The summed E-state index contributed by atoms with van der Waals surface area (Å²) in [7, 11) is 3.11. The van der Waals surface area contributed by atoms with Gasteiger partial charge in [0.05, 0.1) is 31.4 Å². The van der Waals surface area contributed by atoms with Gasteiger partial charge in [0.25, 0.3) is 5.91 Å². The third-order valence-electron chi connectivity index (χ3n) is 5.27. The zero-order valence-electron chi connectivity index (χ0n) is 17.7. The van der Waals surface area contributed by atoms with Crippen LogP contribution in [0.15, 0.2) is 36.4 Å². The van der Waals surface area contributed by atoms with Gasteiger partial charge in [0.15, 0.2) is 11.5 Å².